The molecule has 0 bridgehead atoms. The molecule has 2 N–H and O–H groups in total. The molecule has 0 aliphatic heterocycles. The first-order valence-electron chi connectivity index (χ1n) is 5.99. The number of nitrogens with two attached hydrogens (primary N) is 1. The smallest absolute Gasteiger partial charge is 0.168 e. The summed E-state index contributed by atoms with van der Waals surface area (Å²) in [5, 5.41) is 0. The molecule has 94 valence electrons. The minimum Gasteiger partial charge on any atom is -0.483 e. The minimum absolute atomic E-state index is 0.0961. The zero-order chi connectivity index (χ0) is 12.3. The first-order valence-corrected chi connectivity index (χ1v) is 5.99. The molecule has 1 aromatic carbocycles. The second kappa shape index (κ2) is 5.00. The van der Waals surface area contributed by atoms with Gasteiger partial charge in [-0.3, -0.25) is 0 Å². The van der Waals surface area contributed by atoms with Gasteiger partial charge in [-0.1, -0.05) is 6.42 Å². The van der Waals surface area contributed by atoms with Crippen LogP contribution in [0.2, 0.25) is 0 Å². The summed E-state index contributed by atoms with van der Waals surface area (Å²) in [5.41, 5.74) is 5.27. The molecule has 1 saturated carbocycles. The molecule has 1 fully saturated rings. The van der Waals surface area contributed by atoms with Crippen molar-refractivity contribution in [3.05, 3.63) is 29.8 Å². The highest BCUT2D eigenvalue weighted by Crippen LogP contribution is 2.33. The molecule has 1 aliphatic carbocycles. The van der Waals surface area contributed by atoms with Crippen LogP contribution in [0.15, 0.2) is 18.2 Å². The highest BCUT2D eigenvalue weighted by molar-refractivity contribution is 5.25. The van der Waals surface area contributed by atoms with Crippen LogP contribution in [-0.4, -0.2) is 12.1 Å². The molecule has 0 radical (unpaired) electrons. The number of rotatable bonds is 3. The molecule has 17 heavy (non-hydrogen) atoms. The van der Waals surface area contributed by atoms with Crippen molar-refractivity contribution in [1.82, 2.24) is 0 Å². The van der Waals surface area contributed by atoms with Gasteiger partial charge in [0.25, 0.3) is 0 Å². The summed E-state index contributed by atoms with van der Waals surface area (Å²) in [6, 6.07) is 3.37. The highest BCUT2D eigenvalue weighted by Gasteiger charge is 2.33. The van der Waals surface area contributed by atoms with Crippen LogP contribution in [0, 0.1) is 11.6 Å². The van der Waals surface area contributed by atoms with Crippen molar-refractivity contribution in [3.63, 3.8) is 0 Å². The number of hydrogen-bond acceptors (Lipinski definition) is 2. The van der Waals surface area contributed by atoms with Gasteiger partial charge in [0.05, 0.1) is 0 Å². The maximum absolute atomic E-state index is 13.5. The molecule has 2 rings (SSSR count). The second-order valence-electron chi connectivity index (χ2n) is 4.62. The molecule has 0 unspecified atom stereocenters. The largest absolute Gasteiger partial charge is 0.483 e. The van der Waals surface area contributed by atoms with E-state index in [1.807, 2.05) is 0 Å². The third-order valence-electron chi connectivity index (χ3n) is 3.36. The molecule has 0 aromatic heterocycles. The minimum atomic E-state index is -0.664. The van der Waals surface area contributed by atoms with Crippen LogP contribution in [0.3, 0.4) is 0 Å². The lowest BCUT2D eigenvalue weighted by atomic mass is 9.84. The number of benzene rings is 1. The van der Waals surface area contributed by atoms with Crippen LogP contribution in [0.1, 0.15) is 32.1 Å². The molecule has 0 amide bonds. The topological polar surface area (TPSA) is 35.2 Å². The van der Waals surface area contributed by atoms with E-state index in [2.05, 4.69) is 0 Å². The molecular weight excluding hydrogens is 224 g/mol. The maximum Gasteiger partial charge on any atom is 0.168 e. The van der Waals surface area contributed by atoms with Crippen molar-refractivity contribution < 1.29 is 13.5 Å². The highest BCUT2D eigenvalue weighted by atomic mass is 19.1. The van der Waals surface area contributed by atoms with Gasteiger partial charge in [0.15, 0.2) is 11.6 Å². The molecule has 0 heterocycles. The monoisotopic (exact) mass is 241 g/mol. The molecule has 0 atom stereocenters. The van der Waals surface area contributed by atoms with Gasteiger partial charge in [-0.2, -0.15) is 0 Å². The molecule has 0 saturated heterocycles. The Labute approximate surface area is 99.8 Å². The summed E-state index contributed by atoms with van der Waals surface area (Å²) < 4.78 is 32.0. The Morgan fingerprint density at radius 1 is 1.18 bits per heavy atom. The summed E-state index contributed by atoms with van der Waals surface area (Å²) in [5.74, 6) is -1.16. The Balaban J connectivity index is 2.17. The van der Waals surface area contributed by atoms with Gasteiger partial charge in [-0.15, -0.1) is 0 Å². The van der Waals surface area contributed by atoms with Crippen molar-refractivity contribution in [3.8, 4) is 5.75 Å². The molecular formula is C13H17F2NO. The van der Waals surface area contributed by atoms with Crippen molar-refractivity contribution in [2.24, 2.45) is 5.73 Å². The summed E-state index contributed by atoms with van der Waals surface area (Å²) in [6.45, 7) is 0.365. The van der Waals surface area contributed by atoms with E-state index in [4.69, 9.17) is 10.5 Å². The zero-order valence-electron chi connectivity index (χ0n) is 9.72. The van der Waals surface area contributed by atoms with Gasteiger partial charge in [0.1, 0.15) is 11.4 Å². The Morgan fingerprint density at radius 3 is 2.47 bits per heavy atom. The first kappa shape index (κ1) is 12.3. The van der Waals surface area contributed by atoms with Gasteiger partial charge in [0, 0.05) is 12.6 Å². The Kier molecular flexibility index (Phi) is 3.62. The summed E-state index contributed by atoms with van der Waals surface area (Å²) >= 11 is 0. The van der Waals surface area contributed by atoms with Crippen LogP contribution in [0.4, 0.5) is 8.78 Å². The van der Waals surface area contributed by atoms with Crippen LogP contribution >= 0.6 is 0 Å². The molecule has 0 spiro atoms. The lowest BCUT2D eigenvalue weighted by molar-refractivity contribution is 0.0348. The molecule has 2 nitrogen and oxygen atoms in total. The third-order valence-corrected chi connectivity index (χ3v) is 3.36. The van der Waals surface area contributed by atoms with Crippen LogP contribution in [0.5, 0.6) is 5.75 Å². The maximum atomic E-state index is 13.5. The van der Waals surface area contributed by atoms with Gasteiger partial charge >= 0.3 is 0 Å². The summed E-state index contributed by atoms with van der Waals surface area (Å²) in [7, 11) is 0. The van der Waals surface area contributed by atoms with Gasteiger partial charge in [0.2, 0.25) is 0 Å². The predicted molar refractivity (Wildman–Crippen MR) is 61.9 cm³/mol. The summed E-state index contributed by atoms with van der Waals surface area (Å²) in [6.07, 6.45) is 4.91. The van der Waals surface area contributed by atoms with E-state index in [-0.39, 0.29) is 5.75 Å². The van der Waals surface area contributed by atoms with Gasteiger partial charge in [-0.05, 0) is 37.8 Å². The van der Waals surface area contributed by atoms with E-state index in [1.165, 1.54) is 12.1 Å². The Bertz CT molecular complexity index is 389. The Hall–Kier alpha value is -1.16. The predicted octanol–water partition coefficient (Wildman–Crippen LogP) is 3.01. The van der Waals surface area contributed by atoms with Crippen molar-refractivity contribution >= 4 is 0 Å². The normalized spacial score (nSPS) is 19.0. The van der Waals surface area contributed by atoms with E-state index in [1.54, 1.807) is 0 Å². The Morgan fingerprint density at radius 2 is 1.88 bits per heavy atom. The van der Waals surface area contributed by atoms with Crippen LogP contribution in [-0.2, 0) is 0 Å². The second-order valence-corrected chi connectivity index (χ2v) is 4.62. The van der Waals surface area contributed by atoms with E-state index in [9.17, 15) is 8.78 Å². The van der Waals surface area contributed by atoms with Crippen molar-refractivity contribution in [2.75, 3.05) is 6.54 Å². The van der Waals surface area contributed by atoms with Gasteiger partial charge in [-0.25, -0.2) is 8.78 Å². The van der Waals surface area contributed by atoms with Crippen molar-refractivity contribution in [1.29, 1.82) is 0 Å². The van der Waals surface area contributed by atoms with E-state index >= 15 is 0 Å². The first-order chi connectivity index (χ1) is 8.15. The van der Waals surface area contributed by atoms with E-state index < -0.39 is 17.2 Å². The number of ether oxygens (including phenoxy) is 1. The fraction of sp³-hybridized carbons (Fsp3) is 0.538. The van der Waals surface area contributed by atoms with Crippen LogP contribution < -0.4 is 10.5 Å². The molecule has 4 heteroatoms. The fourth-order valence-corrected chi connectivity index (χ4v) is 2.34. The fourth-order valence-electron chi connectivity index (χ4n) is 2.34. The third kappa shape index (κ3) is 2.75. The quantitative estimate of drug-likeness (QED) is 0.882. The standard InChI is InChI=1S/C13H17F2NO/c14-10-4-5-12(11(15)8-10)17-13(9-16)6-2-1-3-7-13/h4-5,8H,1-3,6-7,9,16H2. The average molecular weight is 241 g/mol. The molecule has 1 aliphatic rings. The molecule has 1 aromatic rings. The van der Waals surface area contributed by atoms with E-state index in [0.29, 0.717) is 6.54 Å². The lowest BCUT2D eigenvalue weighted by Gasteiger charge is -2.36. The average Bonchev–Trinajstić information content (AvgIpc) is 2.34. The SMILES string of the molecule is NCC1(Oc2ccc(F)cc2F)CCCCC1. The van der Waals surface area contributed by atoms with Gasteiger partial charge < -0.3 is 10.5 Å². The zero-order valence-corrected chi connectivity index (χ0v) is 9.72. The number of halogens is 2. The van der Waals surface area contributed by atoms with Crippen molar-refractivity contribution in [2.45, 2.75) is 37.7 Å². The lowest BCUT2D eigenvalue weighted by Crippen LogP contribution is -2.45. The number of hydrogen-bond donors (Lipinski definition) is 1. The van der Waals surface area contributed by atoms with Crippen LogP contribution in [0.25, 0.3) is 0 Å². The van der Waals surface area contributed by atoms with E-state index in [0.717, 1.165) is 38.2 Å². The summed E-state index contributed by atoms with van der Waals surface area (Å²) in [4.78, 5) is 0.